The molecule has 102 valence electrons. The Bertz CT molecular complexity index is 535. The second-order valence-electron chi connectivity index (χ2n) is 5.82. The van der Waals surface area contributed by atoms with Crippen LogP contribution in [0.15, 0.2) is 34.9 Å². The summed E-state index contributed by atoms with van der Waals surface area (Å²) in [5.41, 5.74) is 1.84. The molecule has 3 rings (SSSR count). The van der Waals surface area contributed by atoms with E-state index in [-0.39, 0.29) is 6.10 Å². The maximum absolute atomic E-state index is 10.6. The van der Waals surface area contributed by atoms with Gasteiger partial charge in [0.2, 0.25) is 0 Å². The number of aliphatic hydroxyl groups excluding tert-OH is 1. The summed E-state index contributed by atoms with van der Waals surface area (Å²) < 4.78 is 5.54. The Kier molecular flexibility index (Phi) is 3.61. The van der Waals surface area contributed by atoms with E-state index in [0.29, 0.717) is 5.92 Å². The average molecular weight is 258 g/mol. The lowest BCUT2D eigenvalue weighted by molar-refractivity contribution is 0.0734. The number of hydrogen-bond acceptors (Lipinski definition) is 2. The van der Waals surface area contributed by atoms with Crippen molar-refractivity contribution in [2.24, 2.45) is 11.8 Å². The number of hydrogen-bond donors (Lipinski definition) is 1. The van der Waals surface area contributed by atoms with Gasteiger partial charge in [-0.2, -0.15) is 0 Å². The Balaban J connectivity index is 1.79. The highest BCUT2D eigenvalue weighted by Gasteiger charge is 2.28. The monoisotopic (exact) mass is 258 g/mol. The van der Waals surface area contributed by atoms with Crippen LogP contribution in [0.2, 0.25) is 0 Å². The molecule has 0 amide bonds. The number of rotatable bonds is 3. The van der Waals surface area contributed by atoms with Crippen molar-refractivity contribution < 1.29 is 9.52 Å². The van der Waals surface area contributed by atoms with E-state index in [4.69, 9.17) is 4.42 Å². The molecule has 0 aliphatic heterocycles. The van der Waals surface area contributed by atoms with Gasteiger partial charge in [-0.15, -0.1) is 0 Å². The fourth-order valence-corrected chi connectivity index (χ4v) is 3.39. The van der Waals surface area contributed by atoms with Crippen molar-refractivity contribution in [1.82, 2.24) is 0 Å². The van der Waals surface area contributed by atoms with E-state index in [9.17, 15) is 5.11 Å². The first-order valence-electron chi connectivity index (χ1n) is 7.43. The smallest absolute Gasteiger partial charge is 0.134 e. The molecule has 1 saturated carbocycles. The van der Waals surface area contributed by atoms with Crippen LogP contribution in [0.4, 0.5) is 0 Å². The Morgan fingerprint density at radius 2 is 1.95 bits per heavy atom. The van der Waals surface area contributed by atoms with E-state index in [1.165, 1.54) is 19.3 Å². The summed E-state index contributed by atoms with van der Waals surface area (Å²) in [4.78, 5) is 0. The van der Waals surface area contributed by atoms with Crippen molar-refractivity contribution in [1.29, 1.82) is 0 Å². The van der Waals surface area contributed by atoms with Crippen molar-refractivity contribution in [2.45, 2.75) is 45.1 Å². The van der Waals surface area contributed by atoms with E-state index in [0.717, 1.165) is 35.3 Å². The number of furan rings is 1. The Morgan fingerprint density at radius 3 is 2.68 bits per heavy atom. The molecule has 2 nitrogen and oxygen atoms in total. The van der Waals surface area contributed by atoms with Gasteiger partial charge < -0.3 is 9.52 Å². The van der Waals surface area contributed by atoms with Crippen LogP contribution in [0.1, 0.15) is 50.7 Å². The number of fused-ring (bicyclic) bond motifs is 1. The van der Waals surface area contributed by atoms with Gasteiger partial charge in [-0.1, -0.05) is 44.4 Å². The molecule has 2 heteroatoms. The third-order valence-corrected chi connectivity index (χ3v) is 4.74. The fourth-order valence-electron chi connectivity index (χ4n) is 3.39. The van der Waals surface area contributed by atoms with Crippen LogP contribution in [0, 0.1) is 11.8 Å². The van der Waals surface area contributed by atoms with Crippen LogP contribution >= 0.6 is 0 Å². The summed E-state index contributed by atoms with van der Waals surface area (Å²) in [6.07, 6.45) is 7.43. The second kappa shape index (κ2) is 5.38. The minimum atomic E-state index is -0.374. The molecule has 1 N–H and O–H groups in total. The first-order chi connectivity index (χ1) is 9.29. The zero-order valence-corrected chi connectivity index (χ0v) is 11.5. The molecule has 0 bridgehead atoms. The maximum Gasteiger partial charge on any atom is 0.134 e. The summed E-state index contributed by atoms with van der Waals surface area (Å²) in [6, 6.07) is 7.96. The van der Waals surface area contributed by atoms with Crippen molar-refractivity contribution in [3.8, 4) is 0 Å². The summed E-state index contributed by atoms with van der Waals surface area (Å²) in [5.74, 6) is 1.26. The molecular weight excluding hydrogens is 236 g/mol. The second-order valence-corrected chi connectivity index (χ2v) is 5.82. The zero-order chi connectivity index (χ0) is 13.2. The normalized spacial score (nSPS) is 25.6. The van der Waals surface area contributed by atoms with Gasteiger partial charge in [0.1, 0.15) is 5.58 Å². The van der Waals surface area contributed by atoms with Gasteiger partial charge in [-0.05, 0) is 30.7 Å². The van der Waals surface area contributed by atoms with Gasteiger partial charge in [0, 0.05) is 10.9 Å². The van der Waals surface area contributed by atoms with Gasteiger partial charge in [0.25, 0.3) is 0 Å². The molecule has 1 aliphatic rings. The number of aliphatic hydroxyl groups is 1. The topological polar surface area (TPSA) is 33.4 Å². The molecule has 1 aliphatic carbocycles. The van der Waals surface area contributed by atoms with Gasteiger partial charge in [-0.3, -0.25) is 0 Å². The molecular formula is C17H22O2. The van der Waals surface area contributed by atoms with Crippen LogP contribution in [-0.2, 0) is 0 Å². The predicted octanol–water partition coefficient (Wildman–Crippen LogP) is 4.68. The molecule has 1 unspecified atom stereocenters. The van der Waals surface area contributed by atoms with Crippen LogP contribution in [0.5, 0.6) is 0 Å². The highest BCUT2D eigenvalue weighted by Crippen LogP contribution is 2.40. The van der Waals surface area contributed by atoms with Gasteiger partial charge in [0.05, 0.1) is 12.4 Å². The summed E-state index contributed by atoms with van der Waals surface area (Å²) >= 11 is 0. The van der Waals surface area contributed by atoms with Crippen LogP contribution in [0.3, 0.4) is 0 Å². The number of benzene rings is 1. The van der Waals surface area contributed by atoms with E-state index in [1.54, 1.807) is 6.26 Å². The molecule has 1 aromatic carbocycles. The van der Waals surface area contributed by atoms with Gasteiger partial charge >= 0.3 is 0 Å². The Labute approximate surface area is 114 Å². The minimum Gasteiger partial charge on any atom is -0.464 e. The lowest BCUT2D eigenvalue weighted by Gasteiger charge is -2.30. The molecule has 0 spiro atoms. The maximum atomic E-state index is 10.6. The molecule has 19 heavy (non-hydrogen) atoms. The average Bonchev–Trinajstić information content (AvgIpc) is 2.90. The Hall–Kier alpha value is -1.28. The van der Waals surface area contributed by atoms with Crippen molar-refractivity contribution >= 4 is 11.0 Å². The molecule has 1 atom stereocenters. The third kappa shape index (κ3) is 2.42. The van der Waals surface area contributed by atoms with E-state index >= 15 is 0 Å². The minimum absolute atomic E-state index is 0.374. The Morgan fingerprint density at radius 1 is 1.21 bits per heavy atom. The summed E-state index contributed by atoms with van der Waals surface area (Å²) in [7, 11) is 0. The first-order valence-corrected chi connectivity index (χ1v) is 7.43. The zero-order valence-electron chi connectivity index (χ0n) is 11.5. The van der Waals surface area contributed by atoms with Crippen LogP contribution in [-0.4, -0.2) is 5.11 Å². The van der Waals surface area contributed by atoms with Crippen molar-refractivity contribution in [3.05, 3.63) is 36.1 Å². The molecule has 0 radical (unpaired) electrons. The van der Waals surface area contributed by atoms with E-state index in [2.05, 4.69) is 6.92 Å². The predicted molar refractivity (Wildman–Crippen MR) is 76.9 cm³/mol. The lowest BCUT2D eigenvalue weighted by Crippen LogP contribution is -2.20. The molecule has 1 heterocycles. The molecule has 0 saturated heterocycles. The van der Waals surface area contributed by atoms with Crippen LogP contribution < -0.4 is 0 Å². The van der Waals surface area contributed by atoms with Crippen molar-refractivity contribution in [3.63, 3.8) is 0 Å². The fraction of sp³-hybridized carbons (Fsp3) is 0.529. The highest BCUT2D eigenvalue weighted by atomic mass is 16.3. The van der Waals surface area contributed by atoms with Gasteiger partial charge in [0.15, 0.2) is 0 Å². The third-order valence-electron chi connectivity index (χ3n) is 4.74. The SMILES string of the molecule is CCC1CCC(C(O)c2coc3ccccc23)CC1. The van der Waals surface area contributed by atoms with Gasteiger partial charge in [-0.25, -0.2) is 0 Å². The lowest BCUT2D eigenvalue weighted by atomic mass is 9.77. The largest absolute Gasteiger partial charge is 0.464 e. The quantitative estimate of drug-likeness (QED) is 0.867. The molecule has 2 aromatic rings. The van der Waals surface area contributed by atoms with E-state index in [1.807, 2.05) is 24.3 Å². The first kappa shape index (κ1) is 12.7. The standard InChI is InChI=1S/C17H22O2/c1-2-12-7-9-13(10-8-12)17(18)15-11-19-16-6-4-3-5-14(15)16/h3-6,11-13,17-18H,2,7-10H2,1H3. The highest BCUT2D eigenvalue weighted by molar-refractivity contribution is 5.81. The number of para-hydroxylation sites is 1. The molecule has 1 aromatic heterocycles. The molecule has 1 fully saturated rings. The van der Waals surface area contributed by atoms with Crippen molar-refractivity contribution in [2.75, 3.05) is 0 Å². The van der Waals surface area contributed by atoms with E-state index < -0.39 is 0 Å². The summed E-state index contributed by atoms with van der Waals surface area (Å²) in [6.45, 7) is 2.27. The summed E-state index contributed by atoms with van der Waals surface area (Å²) in [5, 5.41) is 11.7. The van der Waals surface area contributed by atoms with Crippen LogP contribution in [0.25, 0.3) is 11.0 Å².